The van der Waals surface area contributed by atoms with Crippen molar-refractivity contribution in [3.63, 3.8) is 0 Å². The van der Waals surface area contributed by atoms with E-state index in [2.05, 4.69) is 63.6 Å². The SMILES string of the molecule is CC#CCN1C(=O)N[C@](CCc2ccccc2)(C2CCN(Cc3c[nH]c4ccccc34)CC2)C1=O. The van der Waals surface area contributed by atoms with E-state index in [9.17, 15) is 9.59 Å². The molecular formula is C29H32N4O2. The molecule has 35 heavy (non-hydrogen) atoms. The van der Waals surface area contributed by atoms with Crippen molar-refractivity contribution in [2.24, 2.45) is 5.92 Å². The molecule has 0 radical (unpaired) electrons. The molecule has 1 atom stereocenters. The largest absolute Gasteiger partial charge is 0.361 e. The molecule has 6 heteroatoms. The Morgan fingerprint density at radius 2 is 1.77 bits per heavy atom. The number of hydrogen-bond donors (Lipinski definition) is 2. The predicted octanol–water partition coefficient (Wildman–Crippen LogP) is 4.33. The van der Waals surface area contributed by atoms with Crippen LogP contribution in [0.4, 0.5) is 4.79 Å². The number of benzene rings is 2. The number of hydrogen-bond acceptors (Lipinski definition) is 3. The lowest BCUT2D eigenvalue weighted by Gasteiger charge is -2.41. The number of piperidine rings is 1. The number of fused-ring (bicyclic) bond motifs is 1. The molecule has 0 bridgehead atoms. The number of carbonyl (C=O) groups excluding carboxylic acids is 2. The molecule has 6 nitrogen and oxygen atoms in total. The van der Waals surface area contributed by atoms with Gasteiger partial charge in [0.05, 0.1) is 6.54 Å². The Labute approximate surface area is 206 Å². The molecule has 0 unspecified atom stereocenters. The summed E-state index contributed by atoms with van der Waals surface area (Å²) < 4.78 is 0. The second kappa shape index (κ2) is 9.97. The number of aromatic amines is 1. The molecule has 3 heterocycles. The molecule has 0 spiro atoms. The Morgan fingerprint density at radius 3 is 2.54 bits per heavy atom. The quantitative estimate of drug-likeness (QED) is 0.401. The molecular weight excluding hydrogens is 436 g/mol. The second-order valence-corrected chi connectivity index (χ2v) is 9.62. The van der Waals surface area contributed by atoms with E-state index < -0.39 is 5.54 Å². The van der Waals surface area contributed by atoms with Crippen LogP contribution >= 0.6 is 0 Å². The highest BCUT2D eigenvalue weighted by molar-refractivity contribution is 6.07. The van der Waals surface area contributed by atoms with Gasteiger partial charge < -0.3 is 10.3 Å². The molecule has 0 aliphatic carbocycles. The summed E-state index contributed by atoms with van der Waals surface area (Å²) in [5.74, 6) is 5.69. The molecule has 180 valence electrons. The van der Waals surface area contributed by atoms with E-state index in [1.165, 1.54) is 21.4 Å². The summed E-state index contributed by atoms with van der Waals surface area (Å²) in [4.78, 5) is 33.7. The van der Waals surface area contributed by atoms with Gasteiger partial charge in [-0.05, 0) is 68.8 Å². The number of nitrogens with one attached hydrogen (secondary N) is 2. The highest BCUT2D eigenvalue weighted by Gasteiger charge is 2.55. The molecule has 2 N–H and O–H groups in total. The number of rotatable bonds is 7. The number of likely N-dealkylation sites (tertiary alicyclic amines) is 1. The van der Waals surface area contributed by atoms with Crippen LogP contribution in [0, 0.1) is 17.8 Å². The predicted molar refractivity (Wildman–Crippen MR) is 137 cm³/mol. The van der Waals surface area contributed by atoms with E-state index in [1.807, 2.05) is 24.3 Å². The Morgan fingerprint density at radius 1 is 1.03 bits per heavy atom. The number of aromatic nitrogens is 1. The van der Waals surface area contributed by atoms with Crippen molar-refractivity contribution in [2.75, 3.05) is 19.6 Å². The van der Waals surface area contributed by atoms with Crippen molar-refractivity contribution < 1.29 is 9.59 Å². The van der Waals surface area contributed by atoms with Crippen molar-refractivity contribution in [1.82, 2.24) is 20.1 Å². The first-order chi connectivity index (χ1) is 17.1. The first-order valence-corrected chi connectivity index (χ1v) is 12.5. The van der Waals surface area contributed by atoms with Crippen molar-refractivity contribution in [3.8, 4) is 11.8 Å². The van der Waals surface area contributed by atoms with E-state index in [0.717, 1.165) is 44.4 Å². The Kier molecular flexibility index (Phi) is 6.61. The Bertz CT molecular complexity index is 1260. The molecule has 3 aromatic rings. The maximum absolute atomic E-state index is 13.7. The van der Waals surface area contributed by atoms with Crippen molar-refractivity contribution >= 4 is 22.8 Å². The van der Waals surface area contributed by atoms with Gasteiger partial charge in [0.25, 0.3) is 5.91 Å². The minimum Gasteiger partial charge on any atom is -0.361 e. The molecule has 3 amide bonds. The minimum atomic E-state index is -0.866. The summed E-state index contributed by atoms with van der Waals surface area (Å²) in [5.41, 5.74) is 2.77. The molecule has 2 fully saturated rings. The van der Waals surface area contributed by atoms with Crippen LogP contribution in [0.3, 0.4) is 0 Å². The lowest BCUT2D eigenvalue weighted by atomic mass is 9.74. The lowest BCUT2D eigenvalue weighted by Crippen LogP contribution is -2.56. The normalized spacial score (nSPS) is 21.2. The third-order valence-corrected chi connectivity index (χ3v) is 7.62. The van der Waals surface area contributed by atoms with Gasteiger partial charge in [0.15, 0.2) is 0 Å². The summed E-state index contributed by atoms with van der Waals surface area (Å²) in [5, 5.41) is 4.41. The molecule has 1 aromatic heterocycles. The van der Waals surface area contributed by atoms with E-state index in [4.69, 9.17) is 0 Å². The van der Waals surface area contributed by atoms with Crippen LogP contribution in [0.2, 0.25) is 0 Å². The maximum atomic E-state index is 13.7. The lowest BCUT2D eigenvalue weighted by molar-refractivity contribution is -0.134. The van der Waals surface area contributed by atoms with Gasteiger partial charge in [-0.1, -0.05) is 54.5 Å². The standard InChI is InChI=1S/C29H32N4O2/c1-2-3-17-33-27(34)29(31-28(33)35,16-13-22-9-5-4-6-10-22)24-14-18-32(19-15-24)21-23-20-30-26-12-8-7-11-25(23)26/h4-12,20,24,30H,13-19,21H2,1H3,(H,31,35)/t29-/m1/s1. The van der Waals surface area contributed by atoms with Crippen LogP contribution in [0.25, 0.3) is 10.9 Å². The summed E-state index contributed by atoms with van der Waals surface area (Å²) >= 11 is 0. The van der Waals surface area contributed by atoms with E-state index >= 15 is 0 Å². The molecule has 2 aliphatic heterocycles. The van der Waals surface area contributed by atoms with Crippen LogP contribution in [-0.2, 0) is 17.8 Å². The summed E-state index contributed by atoms with van der Waals surface area (Å²) in [7, 11) is 0. The number of carbonyl (C=O) groups is 2. The zero-order chi connectivity index (χ0) is 24.3. The Balaban J connectivity index is 1.32. The van der Waals surface area contributed by atoms with Gasteiger partial charge in [-0.2, -0.15) is 0 Å². The first kappa shape index (κ1) is 23.2. The molecule has 2 saturated heterocycles. The fourth-order valence-corrected chi connectivity index (χ4v) is 5.67. The van der Waals surface area contributed by atoms with E-state index in [-0.39, 0.29) is 24.4 Å². The second-order valence-electron chi connectivity index (χ2n) is 9.62. The van der Waals surface area contributed by atoms with Gasteiger partial charge >= 0.3 is 6.03 Å². The number of aryl methyl sites for hydroxylation is 1. The summed E-state index contributed by atoms with van der Waals surface area (Å²) in [6.45, 7) is 4.55. The topological polar surface area (TPSA) is 68.4 Å². The number of imide groups is 1. The minimum absolute atomic E-state index is 0.0986. The molecule has 2 aliphatic rings. The number of H-pyrrole nitrogens is 1. The summed E-state index contributed by atoms with van der Waals surface area (Å²) in [6, 6.07) is 18.3. The molecule has 5 rings (SSSR count). The number of para-hydroxylation sites is 1. The molecule has 0 saturated carbocycles. The van der Waals surface area contributed by atoms with Gasteiger partial charge in [0.1, 0.15) is 5.54 Å². The smallest absolute Gasteiger partial charge is 0.325 e. The zero-order valence-electron chi connectivity index (χ0n) is 20.2. The fourth-order valence-electron chi connectivity index (χ4n) is 5.67. The Hall–Kier alpha value is -3.56. The van der Waals surface area contributed by atoms with Gasteiger partial charge in [0, 0.05) is 23.6 Å². The maximum Gasteiger partial charge on any atom is 0.325 e. The third kappa shape index (κ3) is 4.56. The van der Waals surface area contributed by atoms with E-state index in [0.29, 0.717) is 6.42 Å². The van der Waals surface area contributed by atoms with Gasteiger partial charge in [-0.25, -0.2) is 4.79 Å². The van der Waals surface area contributed by atoms with Gasteiger partial charge in [0.2, 0.25) is 0 Å². The zero-order valence-corrected chi connectivity index (χ0v) is 20.2. The van der Waals surface area contributed by atoms with Crippen molar-refractivity contribution in [1.29, 1.82) is 0 Å². The van der Waals surface area contributed by atoms with E-state index in [1.54, 1.807) is 6.92 Å². The average molecular weight is 469 g/mol. The highest BCUT2D eigenvalue weighted by Crippen LogP contribution is 2.37. The first-order valence-electron chi connectivity index (χ1n) is 12.5. The van der Waals surface area contributed by atoms with Gasteiger partial charge in [-0.3, -0.25) is 14.6 Å². The number of amides is 3. The van der Waals surface area contributed by atoms with Crippen LogP contribution in [0.1, 0.15) is 37.3 Å². The number of urea groups is 1. The van der Waals surface area contributed by atoms with Crippen LogP contribution in [0.15, 0.2) is 60.8 Å². The highest BCUT2D eigenvalue weighted by atomic mass is 16.2. The summed E-state index contributed by atoms with van der Waals surface area (Å²) in [6.07, 6.45) is 5.19. The number of nitrogens with zero attached hydrogens (tertiary/aromatic N) is 2. The van der Waals surface area contributed by atoms with Crippen LogP contribution in [0.5, 0.6) is 0 Å². The molecule has 2 aromatic carbocycles. The third-order valence-electron chi connectivity index (χ3n) is 7.62. The monoisotopic (exact) mass is 468 g/mol. The average Bonchev–Trinajstić information content (AvgIpc) is 3.41. The van der Waals surface area contributed by atoms with Crippen molar-refractivity contribution in [2.45, 2.75) is 44.7 Å². The van der Waals surface area contributed by atoms with Crippen molar-refractivity contribution in [3.05, 3.63) is 71.9 Å². The van der Waals surface area contributed by atoms with Gasteiger partial charge in [-0.15, -0.1) is 5.92 Å². The van der Waals surface area contributed by atoms with Crippen LogP contribution < -0.4 is 5.32 Å². The van der Waals surface area contributed by atoms with Crippen LogP contribution in [-0.4, -0.2) is 51.9 Å². The fraction of sp³-hybridized carbons (Fsp3) is 0.379.